The van der Waals surface area contributed by atoms with Gasteiger partial charge in [-0.15, -0.1) is 0 Å². The molecule has 4 heteroatoms. The lowest BCUT2D eigenvalue weighted by molar-refractivity contribution is -0.224. The monoisotopic (exact) mass is 198 g/mol. The Morgan fingerprint density at radius 1 is 1.29 bits per heavy atom. The second-order valence-corrected chi connectivity index (χ2v) is 4.37. The van der Waals surface area contributed by atoms with Crippen molar-refractivity contribution in [2.45, 2.75) is 38.3 Å². The molecule has 0 amide bonds. The summed E-state index contributed by atoms with van der Waals surface area (Å²) in [6.07, 6.45) is 1.63. The average Bonchev–Trinajstić information content (AvgIpc) is 2.59. The maximum absolute atomic E-state index is 11.1. The van der Waals surface area contributed by atoms with Crippen LogP contribution in [0.4, 0.5) is 0 Å². The summed E-state index contributed by atoms with van der Waals surface area (Å²) < 4.78 is 16.4. The van der Waals surface area contributed by atoms with Crippen molar-refractivity contribution in [1.29, 1.82) is 0 Å². The van der Waals surface area contributed by atoms with Gasteiger partial charge in [-0.3, -0.25) is 4.79 Å². The van der Waals surface area contributed by atoms with E-state index in [2.05, 4.69) is 0 Å². The molecule has 3 fully saturated rings. The Balaban J connectivity index is 1.77. The zero-order valence-electron chi connectivity index (χ0n) is 8.14. The zero-order valence-corrected chi connectivity index (χ0v) is 8.14. The van der Waals surface area contributed by atoms with Crippen molar-refractivity contribution in [3.05, 3.63) is 0 Å². The fourth-order valence-electron chi connectivity index (χ4n) is 2.88. The number of ether oxygens (including phenoxy) is 3. The van der Waals surface area contributed by atoms with Crippen LogP contribution in [0, 0.1) is 11.8 Å². The molecule has 1 unspecified atom stereocenters. The van der Waals surface area contributed by atoms with Gasteiger partial charge >= 0.3 is 5.97 Å². The molecule has 0 aromatic carbocycles. The lowest BCUT2D eigenvalue weighted by atomic mass is 9.92. The van der Waals surface area contributed by atoms with Crippen molar-refractivity contribution >= 4 is 5.97 Å². The lowest BCUT2D eigenvalue weighted by Gasteiger charge is -2.32. The maximum atomic E-state index is 11.1. The Bertz CT molecular complexity index is 265. The summed E-state index contributed by atoms with van der Waals surface area (Å²) in [6.45, 7) is 2.62. The minimum absolute atomic E-state index is 0.0583. The number of fused-ring (bicyclic) bond motifs is 3. The topological polar surface area (TPSA) is 44.8 Å². The van der Waals surface area contributed by atoms with Crippen LogP contribution in [0.2, 0.25) is 0 Å². The van der Waals surface area contributed by atoms with Gasteiger partial charge in [0.25, 0.3) is 0 Å². The van der Waals surface area contributed by atoms with Crippen LogP contribution < -0.4 is 0 Å². The molecular formula is C10H14O4. The molecule has 14 heavy (non-hydrogen) atoms. The Labute approximate surface area is 82.5 Å². The van der Waals surface area contributed by atoms with Crippen LogP contribution in [0.5, 0.6) is 0 Å². The molecular weight excluding hydrogens is 184 g/mol. The van der Waals surface area contributed by atoms with Gasteiger partial charge in [-0.1, -0.05) is 0 Å². The third kappa shape index (κ3) is 1.17. The maximum Gasteiger partial charge on any atom is 0.306 e. The summed E-state index contributed by atoms with van der Waals surface area (Å²) in [5.74, 6) is 0.639. The van der Waals surface area contributed by atoms with Crippen molar-refractivity contribution in [1.82, 2.24) is 0 Å². The highest BCUT2D eigenvalue weighted by atomic mass is 16.7. The molecule has 0 bridgehead atoms. The van der Waals surface area contributed by atoms with E-state index in [4.69, 9.17) is 14.2 Å². The van der Waals surface area contributed by atoms with Crippen molar-refractivity contribution in [3.63, 3.8) is 0 Å². The van der Waals surface area contributed by atoms with Gasteiger partial charge in [0.05, 0.1) is 19.1 Å². The molecule has 0 aromatic rings. The summed E-state index contributed by atoms with van der Waals surface area (Å²) in [5.41, 5.74) is 0. The van der Waals surface area contributed by atoms with Crippen molar-refractivity contribution in [2.24, 2.45) is 11.8 Å². The van der Waals surface area contributed by atoms with E-state index in [-0.39, 0.29) is 24.5 Å². The van der Waals surface area contributed by atoms with Crippen LogP contribution in [-0.2, 0) is 19.0 Å². The van der Waals surface area contributed by atoms with E-state index in [9.17, 15) is 4.79 Å². The predicted molar refractivity (Wildman–Crippen MR) is 46.4 cm³/mol. The van der Waals surface area contributed by atoms with Crippen molar-refractivity contribution < 1.29 is 19.0 Å². The molecule has 3 aliphatic rings. The van der Waals surface area contributed by atoms with Crippen LogP contribution in [0.3, 0.4) is 0 Å². The minimum atomic E-state index is -0.106. The highest BCUT2D eigenvalue weighted by Crippen LogP contribution is 2.44. The second kappa shape index (κ2) is 2.94. The van der Waals surface area contributed by atoms with Gasteiger partial charge in [0, 0.05) is 18.3 Å². The molecule has 2 aliphatic heterocycles. The summed E-state index contributed by atoms with van der Waals surface area (Å²) in [7, 11) is 0. The number of carbonyl (C=O) groups is 1. The Morgan fingerprint density at radius 3 is 3.00 bits per heavy atom. The predicted octanol–water partition coefficient (Wildman–Crippen LogP) is 0.699. The second-order valence-electron chi connectivity index (χ2n) is 4.37. The van der Waals surface area contributed by atoms with Crippen LogP contribution in [0.15, 0.2) is 0 Å². The Morgan fingerprint density at radius 2 is 2.14 bits per heavy atom. The molecule has 0 radical (unpaired) electrons. The lowest BCUT2D eigenvalue weighted by Crippen LogP contribution is -2.37. The van der Waals surface area contributed by atoms with E-state index in [1.54, 1.807) is 0 Å². The van der Waals surface area contributed by atoms with Crippen LogP contribution in [-0.4, -0.2) is 31.1 Å². The number of carbonyl (C=O) groups excluding carboxylic acids is 1. The first kappa shape index (κ1) is 8.68. The molecule has 0 spiro atoms. The third-order valence-electron chi connectivity index (χ3n) is 3.54. The molecule has 1 aliphatic carbocycles. The summed E-state index contributed by atoms with van der Waals surface area (Å²) in [4.78, 5) is 11.1. The highest BCUT2D eigenvalue weighted by Gasteiger charge is 2.52. The van der Waals surface area contributed by atoms with Gasteiger partial charge in [0.15, 0.2) is 6.29 Å². The van der Waals surface area contributed by atoms with E-state index in [0.717, 1.165) is 6.42 Å². The van der Waals surface area contributed by atoms with Crippen molar-refractivity contribution in [3.8, 4) is 0 Å². The van der Waals surface area contributed by atoms with E-state index in [1.165, 1.54) is 0 Å². The van der Waals surface area contributed by atoms with Crippen LogP contribution in [0.1, 0.15) is 19.8 Å². The molecule has 2 heterocycles. The van der Waals surface area contributed by atoms with Gasteiger partial charge in [0.1, 0.15) is 6.10 Å². The molecule has 0 N–H and O–H groups in total. The van der Waals surface area contributed by atoms with Crippen LogP contribution >= 0.6 is 0 Å². The highest BCUT2D eigenvalue weighted by molar-refractivity contribution is 5.72. The van der Waals surface area contributed by atoms with Gasteiger partial charge in [-0.25, -0.2) is 0 Å². The molecule has 4 nitrogen and oxygen atoms in total. The molecule has 78 valence electrons. The van der Waals surface area contributed by atoms with E-state index < -0.39 is 0 Å². The number of esters is 1. The first-order valence-electron chi connectivity index (χ1n) is 5.20. The fraction of sp³-hybridized carbons (Fsp3) is 0.900. The third-order valence-corrected chi connectivity index (χ3v) is 3.54. The molecule has 0 aromatic heterocycles. The van der Waals surface area contributed by atoms with E-state index >= 15 is 0 Å². The number of hydrogen-bond donors (Lipinski definition) is 0. The average molecular weight is 198 g/mol. The SMILES string of the molecule is CC1OC[C@H]2[C@@H]3CC(=O)O[C@@H]3C[C@@H]2O1. The van der Waals surface area contributed by atoms with Gasteiger partial charge in [-0.05, 0) is 6.92 Å². The standard InChI is InChI=1S/C10H14O4/c1-5-12-4-7-6-2-10(11)14-8(6)3-9(7)13-5/h5-9H,2-4H2,1H3/t5?,6-,7-,8+,9-/m0/s1. The Hall–Kier alpha value is -0.610. The van der Waals surface area contributed by atoms with E-state index in [0.29, 0.717) is 24.9 Å². The molecule has 1 saturated carbocycles. The first-order chi connectivity index (χ1) is 6.74. The Kier molecular flexibility index (Phi) is 1.82. The summed E-state index contributed by atoms with van der Waals surface area (Å²) in [6, 6.07) is 0. The smallest absolute Gasteiger partial charge is 0.306 e. The normalized spacial score (nSPS) is 51.2. The summed E-state index contributed by atoms with van der Waals surface area (Å²) >= 11 is 0. The molecule has 5 atom stereocenters. The first-order valence-corrected chi connectivity index (χ1v) is 5.20. The van der Waals surface area contributed by atoms with Gasteiger partial charge < -0.3 is 14.2 Å². The van der Waals surface area contributed by atoms with Gasteiger partial charge in [-0.2, -0.15) is 0 Å². The zero-order chi connectivity index (χ0) is 9.71. The van der Waals surface area contributed by atoms with Crippen molar-refractivity contribution in [2.75, 3.05) is 6.61 Å². The number of hydrogen-bond acceptors (Lipinski definition) is 4. The fourth-order valence-corrected chi connectivity index (χ4v) is 2.88. The minimum Gasteiger partial charge on any atom is -0.462 e. The van der Waals surface area contributed by atoms with E-state index in [1.807, 2.05) is 6.92 Å². The molecule has 3 rings (SSSR count). The molecule has 2 saturated heterocycles. The quantitative estimate of drug-likeness (QED) is 0.537. The van der Waals surface area contributed by atoms with Gasteiger partial charge in [0.2, 0.25) is 0 Å². The largest absolute Gasteiger partial charge is 0.462 e. The van der Waals surface area contributed by atoms with Crippen LogP contribution in [0.25, 0.3) is 0 Å². The summed E-state index contributed by atoms with van der Waals surface area (Å²) in [5, 5.41) is 0. The number of rotatable bonds is 0.